The van der Waals surface area contributed by atoms with Gasteiger partial charge in [-0.3, -0.25) is 9.59 Å². The Labute approximate surface area is 148 Å². The normalized spacial score (nSPS) is 17.6. The number of fused-ring (bicyclic) bond motifs is 1. The highest BCUT2D eigenvalue weighted by atomic mass is 16.5. The van der Waals surface area contributed by atoms with Gasteiger partial charge in [0.1, 0.15) is 5.56 Å². The minimum Gasteiger partial charge on any atom is -0.378 e. The lowest BCUT2D eigenvalue weighted by Gasteiger charge is -2.25. The van der Waals surface area contributed by atoms with Gasteiger partial charge in [-0.2, -0.15) is 0 Å². The maximum atomic E-state index is 12.8. The van der Waals surface area contributed by atoms with Crippen LogP contribution in [0.25, 0.3) is 10.9 Å². The van der Waals surface area contributed by atoms with Crippen LogP contribution in [-0.4, -0.2) is 41.7 Å². The highest BCUT2D eigenvalue weighted by Gasteiger charge is 2.20. The van der Waals surface area contributed by atoms with Crippen molar-refractivity contribution >= 4 is 16.8 Å². The molecule has 134 valence electrons. The zero-order chi connectivity index (χ0) is 18.0. The lowest BCUT2D eigenvalue weighted by Crippen LogP contribution is -2.34. The van der Waals surface area contributed by atoms with Crippen molar-refractivity contribution in [1.29, 1.82) is 0 Å². The van der Waals surface area contributed by atoms with Gasteiger partial charge in [-0.1, -0.05) is 11.6 Å². The molecule has 1 aromatic heterocycles. The number of carbonyl (C=O) groups excluding carboxylic acids is 1. The van der Waals surface area contributed by atoms with Crippen LogP contribution < -0.4 is 5.43 Å². The highest BCUT2D eigenvalue weighted by Crippen LogP contribution is 2.17. The van der Waals surface area contributed by atoms with Gasteiger partial charge in [0.15, 0.2) is 0 Å². The lowest BCUT2D eigenvalue weighted by atomic mass is 10.1. The summed E-state index contributed by atoms with van der Waals surface area (Å²) in [6, 6.07) is 5.74. The second-order valence-corrected chi connectivity index (χ2v) is 7.01. The average Bonchev–Trinajstić information content (AvgIpc) is 2.62. The van der Waals surface area contributed by atoms with Crippen LogP contribution in [0.3, 0.4) is 0 Å². The highest BCUT2D eigenvalue weighted by molar-refractivity contribution is 5.97. The van der Waals surface area contributed by atoms with Crippen molar-refractivity contribution in [1.82, 2.24) is 9.47 Å². The Bertz CT molecular complexity index is 835. The average molecular weight is 342 g/mol. The fourth-order valence-electron chi connectivity index (χ4n) is 3.44. The number of aryl methyl sites for hydroxylation is 2. The molecule has 1 aliphatic rings. The van der Waals surface area contributed by atoms with Gasteiger partial charge in [-0.25, -0.2) is 0 Å². The van der Waals surface area contributed by atoms with E-state index in [0.717, 1.165) is 36.9 Å². The molecule has 1 fully saturated rings. The van der Waals surface area contributed by atoms with Crippen molar-refractivity contribution in [2.45, 2.75) is 38.7 Å². The van der Waals surface area contributed by atoms with Crippen LogP contribution in [0.2, 0.25) is 0 Å². The Morgan fingerprint density at radius 3 is 2.88 bits per heavy atom. The van der Waals surface area contributed by atoms with E-state index >= 15 is 0 Å². The van der Waals surface area contributed by atoms with E-state index in [1.165, 1.54) is 6.42 Å². The van der Waals surface area contributed by atoms with Crippen molar-refractivity contribution in [3.05, 3.63) is 45.7 Å². The number of pyridine rings is 1. The van der Waals surface area contributed by atoms with Crippen LogP contribution in [0, 0.1) is 6.92 Å². The number of hydrogen-bond acceptors (Lipinski definition) is 3. The topological polar surface area (TPSA) is 51.5 Å². The van der Waals surface area contributed by atoms with Gasteiger partial charge in [0.05, 0.1) is 11.6 Å². The fraction of sp³-hybridized carbons (Fsp3) is 0.500. The van der Waals surface area contributed by atoms with E-state index in [1.807, 2.05) is 36.7 Å². The van der Waals surface area contributed by atoms with E-state index < -0.39 is 0 Å². The first kappa shape index (κ1) is 17.7. The standard InChI is InChI=1S/C20H26N2O3/c1-14-7-8-18-16(12-14)19(23)17(13-22(18)3)20(24)21(2)10-9-15-6-4-5-11-25-15/h7-8,12-13,15H,4-6,9-11H2,1-3H3. The van der Waals surface area contributed by atoms with Crippen LogP contribution >= 0.6 is 0 Å². The largest absolute Gasteiger partial charge is 0.378 e. The van der Waals surface area contributed by atoms with E-state index in [1.54, 1.807) is 18.1 Å². The summed E-state index contributed by atoms with van der Waals surface area (Å²) in [4.78, 5) is 27.2. The summed E-state index contributed by atoms with van der Waals surface area (Å²) in [5, 5.41) is 0.595. The summed E-state index contributed by atoms with van der Waals surface area (Å²) in [5.74, 6) is -0.222. The monoisotopic (exact) mass is 342 g/mol. The molecule has 0 aliphatic carbocycles. The van der Waals surface area contributed by atoms with Crippen molar-refractivity contribution in [2.75, 3.05) is 20.2 Å². The summed E-state index contributed by atoms with van der Waals surface area (Å²) in [6.07, 6.45) is 6.06. The summed E-state index contributed by atoms with van der Waals surface area (Å²) < 4.78 is 7.57. The fourth-order valence-corrected chi connectivity index (χ4v) is 3.44. The molecule has 2 aromatic rings. The molecule has 1 saturated heterocycles. The molecule has 1 unspecified atom stereocenters. The third-order valence-corrected chi connectivity index (χ3v) is 4.98. The van der Waals surface area contributed by atoms with Gasteiger partial charge < -0.3 is 14.2 Å². The molecule has 5 heteroatoms. The number of hydrogen-bond donors (Lipinski definition) is 0. The Balaban J connectivity index is 1.81. The molecular formula is C20H26N2O3. The lowest BCUT2D eigenvalue weighted by molar-refractivity contribution is 0.00708. The third-order valence-electron chi connectivity index (χ3n) is 4.98. The van der Waals surface area contributed by atoms with Gasteiger partial charge in [0.2, 0.25) is 5.43 Å². The molecule has 1 aliphatic heterocycles. The summed E-state index contributed by atoms with van der Waals surface area (Å²) >= 11 is 0. The van der Waals surface area contributed by atoms with E-state index in [4.69, 9.17) is 4.74 Å². The summed E-state index contributed by atoms with van der Waals surface area (Å²) in [7, 11) is 3.62. The first-order chi connectivity index (χ1) is 12.0. The number of benzene rings is 1. The molecule has 1 atom stereocenters. The maximum absolute atomic E-state index is 12.8. The molecule has 0 N–H and O–H groups in total. The Hall–Kier alpha value is -2.14. The van der Waals surface area contributed by atoms with E-state index in [9.17, 15) is 9.59 Å². The van der Waals surface area contributed by atoms with Gasteiger partial charge in [0.25, 0.3) is 5.91 Å². The van der Waals surface area contributed by atoms with Crippen molar-refractivity contribution < 1.29 is 9.53 Å². The molecule has 1 aromatic carbocycles. The second kappa shape index (κ2) is 7.40. The molecule has 2 heterocycles. The zero-order valence-corrected chi connectivity index (χ0v) is 15.2. The van der Waals surface area contributed by atoms with Gasteiger partial charge in [-0.05, 0) is 44.7 Å². The van der Waals surface area contributed by atoms with Crippen molar-refractivity contribution in [2.24, 2.45) is 7.05 Å². The minimum absolute atomic E-state index is 0.192. The SMILES string of the molecule is Cc1ccc2c(c1)c(=O)c(C(=O)N(C)CCC1CCCCO1)cn2C. The molecule has 0 bridgehead atoms. The molecule has 5 nitrogen and oxygen atoms in total. The molecule has 0 spiro atoms. The molecule has 0 saturated carbocycles. The molecule has 1 amide bonds. The number of nitrogens with zero attached hydrogens (tertiary/aromatic N) is 2. The first-order valence-electron chi connectivity index (χ1n) is 8.94. The first-order valence-corrected chi connectivity index (χ1v) is 8.94. The van der Waals surface area contributed by atoms with Gasteiger partial charge in [-0.15, -0.1) is 0 Å². The third kappa shape index (κ3) is 3.76. The number of rotatable bonds is 4. The summed E-state index contributed by atoms with van der Waals surface area (Å²) in [6.45, 7) is 3.36. The Morgan fingerprint density at radius 1 is 1.36 bits per heavy atom. The smallest absolute Gasteiger partial charge is 0.259 e. The number of carbonyl (C=O) groups is 1. The summed E-state index contributed by atoms with van der Waals surface area (Å²) in [5.41, 5.74) is 1.89. The van der Waals surface area contributed by atoms with E-state index in [0.29, 0.717) is 11.9 Å². The van der Waals surface area contributed by atoms with Crippen molar-refractivity contribution in [3.63, 3.8) is 0 Å². The Kier molecular flexibility index (Phi) is 5.23. The number of aromatic nitrogens is 1. The van der Waals surface area contributed by atoms with E-state index in [-0.39, 0.29) is 23.0 Å². The van der Waals surface area contributed by atoms with Crippen LogP contribution in [0.15, 0.2) is 29.2 Å². The number of ether oxygens (including phenoxy) is 1. The van der Waals surface area contributed by atoms with Crippen LogP contribution in [0.4, 0.5) is 0 Å². The minimum atomic E-state index is -0.222. The number of amides is 1. The molecule has 3 rings (SSSR count). The maximum Gasteiger partial charge on any atom is 0.259 e. The van der Waals surface area contributed by atoms with Crippen LogP contribution in [0.5, 0.6) is 0 Å². The molecule has 25 heavy (non-hydrogen) atoms. The van der Waals surface area contributed by atoms with Crippen LogP contribution in [0.1, 0.15) is 41.6 Å². The molecule has 0 radical (unpaired) electrons. The predicted molar refractivity (Wildman–Crippen MR) is 99.1 cm³/mol. The quantitative estimate of drug-likeness (QED) is 0.858. The van der Waals surface area contributed by atoms with Gasteiger partial charge in [0, 0.05) is 38.8 Å². The predicted octanol–water partition coefficient (Wildman–Crippen LogP) is 2.88. The van der Waals surface area contributed by atoms with Gasteiger partial charge >= 0.3 is 0 Å². The zero-order valence-electron chi connectivity index (χ0n) is 15.2. The van der Waals surface area contributed by atoms with Crippen molar-refractivity contribution in [3.8, 4) is 0 Å². The second-order valence-electron chi connectivity index (χ2n) is 7.01. The molecular weight excluding hydrogens is 316 g/mol. The van der Waals surface area contributed by atoms with Crippen LogP contribution in [-0.2, 0) is 11.8 Å². The Morgan fingerprint density at radius 2 is 2.16 bits per heavy atom. The van der Waals surface area contributed by atoms with E-state index in [2.05, 4.69) is 0 Å².